The second-order valence-electron chi connectivity index (χ2n) is 8.02. The van der Waals surface area contributed by atoms with Crippen molar-refractivity contribution in [3.63, 3.8) is 0 Å². The molecular formula is C25H23ClF3N7O. The summed E-state index contributed by atoms with van der Waals surface area (Å²) in [6.07, 6.45) is -1.07. The fourth-order valence-electron chi connectivity index (χ4n) is 3.56. The minimum absolute atomic E-state index is 0.0325. The second-order valence-corrected chi connectivity index (χ2v) is 8.29. The molecule has 4 rings (SSSR count). The summed E-state index contributed by atoms with van der Waals surface area (Å²) in [5.74, 6) is -0.0909. The van der Waals surface area contributed by atoms with E-state index in [1.807, 2.05) is 19.1 Å². The van der Waals surface area contributed by atoms with E-state index in [2.05, 4.69) is 25.7 Å². The predicted molar refractivity (Wildman–Crippen MR) is 135 cm³/mol. The van der Waals surface area contributed by atoms with Gasteiger partial charge in [0.1, 0.15) is 5.56 Å². The summed E-state index contributed by atoms with van der Waals surface area (Å²) < 4.78 is 42.2. The first kappa shape index (κ1) is 26.1. The smallest absolute Gasteiger partial charge is 0.326 e. The lowest BCUT2D eigenvalue weighted by Gasteiger charge is -2.13. The summed E-state index contributed by atoms with van der Waals surface area (Å²) in [5.41, 5.74) is 7.78. The van der Waals surface area contributed by atoms with Crippen LogP contribution in [0, 0.1) is 0 Å². The number of halogens is 4. The van der Waals surface area contributed by atoms with Gasteiger partial charge in [0, 0.05) is 53.9 Å². The molecule has 0 bridgehead atoms. The van der Waals surface area contributed by atoms with Gasteiger partial charge in [-0.25, -0.2) is 9.97 Å². The monoisotopic (exact) mass is 529 g/mol. The van der Waals surface area contributed by atoms with Crippen LogP contribution in [0.25, 0.3) is 11.3 Å². The summed E-state index contributed by atoms with van der Waals surface area (Å²) in [4.78, 5) is 20.7. The molecule has 0 aliphatic carbocycles. The maximum absolute atomic E-state index is 13.6. The van der Waals surface area contributed by atoms with Gasteiger partial charge in [0.25, 0.3) is 5.91 Å². The predicted octanol–water partition coefficient (Wildman–Crippen LogP) is 5.57. The van der Waals surface area contributed by atoms with E-state index in [4.69, 9.17) is 17.3 Å². The van der Waals surface area contributed by atoms with E-state index in [-0.39, 0.29) is 29.7 Å². The lowest BCUT2D eigenvalue weighted by atomic mass is 10.1. The maximum atomic E-state index is 13.6. The van der Waals surface area contributed by atoms with Crippen LogP contribution in [0.2, 0.25) is 0 Å². The molecule has 12 heteroatoms. The number of anilines is 3. The molecule has 0 fully saturated rings. The maximum Gasteiger partial charge on any atom is 0.419 e. The second kappa shape index (κ2) is 11.0. The molecule has 0 spiro atoms. The number of rotatable bonds is 8. The van der Waals surface area contributed by atoms with Gasteiger partial charge in [-0.2, -0.15) is 18.3 Å². The lowest BCUT2D eigenvalue weighted by Crippen LogP contribution is -2.14. The van der Waals surface area contributed by atoms with Crippen LogP contribution in [-0.4, -0.2) is 25.7 Å². The van der Waals surface area contributed by atoms with Crippen molar-refractivity contribution >= 4 is 34.8 Å². The molecule has 0 aliphatic rings. The van der Waals surface area contributed by atoms with Crippen LogP contribution < -0.4 is 16.4 Å². The van der Waals surface area contributed by atoms with Crippen LogP contribution >= 0.6 is 11.6 Å². The Hall–Kier alpha value is -3.96. The quantitative estimate of drug-likeness (QED) is 0.257. The molecule has 2 heterocycles. The zero-order chi connectivity index (χ0) is 26.6. The molecular weight excluding hydrogens is 507 g/mol. The Morgan fingerprint density at radius 1 is 1.14 bits per heavy atom. The molecule has 0 atom stereocenters. The third kappa shape index (κ3) is 6.07. The number of hydrogen-bond acceptors (Lipinski definition) is 6. The van der Waals surface area contributed by atoms with Gasteiger partial charge >= 0.3 is 6.18 Å². The number of aryl methyl sites for hydroxylation is 1. The number of aromatic nitrogens is 4. The largest absolute Gasteiger partial charge is 0.419 e. The number of carbonyl (C=O) groups is 1. The number of amides is 1. The number of nitrogens with one attached hydrogen (secondary N) is 2. The van der Waals surface area contributed by atoms with Crippen LogP contribution in [0.1, 0.15) is 34.0 Å². The van der Waals surface area contributed by atoms with Gasteiger partial charge in [0.2, 0.25) is 5.95 Å². The van der Waals surface area contributed by atoms with Gasteiger partial charge in [-0.15, -0.1) is 11.6 Å². The zero-order valence-corrected chi connectivity index (χ0v) is 20.4. The number of carbonyl (C=O) groups excluding carboxylic acids is 1. The van der Waals surface area contributed by atoms with Crippen LogP contribution in [0.15, 0.2) is 61.1 Å². The molecule has 0 radical (unpaired) electrons. The highest BCUT2D eigenvalue weighted by molar-refractivity contribution is 6.17. The first-order valence-electron chi connectivity index (χ1n) is 11.2. The molecule has 0 aliphatic heterocycles. The molecule has 1 amide bonds. The summed E-state index contributed by atoms with van der Waals surface area (Å²) >= 11 is 5.89. The third-order valence-corrected chi connectivity index (χ3v) is 5.83. The molecule has 0 saturated heterocycles. The van der Waals surface area contributed by atoms with E-state index in [0.29, 0.717) is 29.4 Å². The molecule has 0 saturated carbocycles. The first-order chi connectivity index (χ1) is 17.7. The summed E-state index contributed by atoms with van der Waals surface area (Å²) in [6, 6.07) is 11.8. The zero-order valence-electron chi connectivity index (χ0n) is 19.7. The molecule has 4 aromatic rings. The minimum atomic E-state index is -4.63. The standard InChI is InChI=1S/C25H23ClF3N7O/c1-2-36-14-18(12-32-36)22-20(25(27,28)29)13-31-24(35-22)33-19-7-5-16(6-8-19)23(37)34-21-9-15(10-26)3-4-17(21)11-30/h3-9,12-14H,2,10-11,30H2,1H3,(H,34,37)(H,31,33,35). The molecule has 2 aromatic heterocycles. The van der Waals surface area contributed by atoms with Crippen LogP contribution in [0.4, 0.5) is 30.5 Å². The topological polar surface area (TPSA) is 111 Å². The Morgan fingerprint density at radius 2 is 1.89 bits per heavy atom. The average Bonchev–Trinajstić information content (AvgIpc) is 3.38. The van der Waals surface area contributed by atoms with Gasteiger partial charge in [0.15, 0.2) is 0 Å². The highest BCUT2D eigenvalue weighted by Crippen LogP contribution is 2.36. The molecule has 0 unspecified atom stereocenters. The lowest BCUT2D eigenvalue weighted by molar-refractivity contribution is -0.137. The number of nitrogens with two attached hydrogens (primary N) is 1. The van der Waals surface area contributed by atoms with Gasteiger partial charge in [-0.05, 0) is 48.4 Å². The van der Waals surface area contributed by atoms with E-state index in [1.54, 1.807) is 30.3 Å². The summed E-state index contributed by atoms with van der Waals surface area (Å²) in [5, 5.41) is 9.76. The van der Waals surface area contributed by atoms with Crippen LogP contribution in [0.5, 0.6) is 0 Å². The normalized spacial score (nSPS) is 11.4. The van der Waals surface area contributed by atoms with E-state index in [9.17, 15) is 18.0 Å². The average molecular weight is 530 g/mol. The van der Waals surface area contributed by atoms with Crippen molar-refractivity contribution in [1.82, 2.24) is 19.7 Å². The van der Waals surface area contributed by atoms with Crippen LogP contribution in [0.3, 0.4) is 0 Å². The van der Waals surface area contributed by atoms with Crippen molar-refractivity contribution in [2.24, 2.45) is 5.73 Å². The SMILES string of the molecule is CCn1cc(-c2nc(Nc3ccc(C(=O)Nc4cc(CCl)ccc4CN)cc3)ncc2C(F)(F)F)cn1. The molecule has 8 nitrogen and oxygen atoms in total. The number of benzene rings is 2. The Labute approximate surface area is 215 Å². The highest BCUT2D eigenvalue weighted by atomic mass is 35.5. The Kier molecular flexibility index (Phi) is 7.74. The Bertz CT molecular complexity index is 1400. The molecule has 192 valence electrons. The summed E-state index contributed by atoms with van der Waals surface area (Å²) in [6.45, 7) is 2.57. The van der Waals surface area contributed by atoms with Crippen molar-refractivity contribution in [3.8, 4) is 11.3 Å². The highest BCUT2D eigenvalue weighted by Gasteiger charge is 2.35. The third-order valence-electron chi connectivity index (χ3n) is 5.52. The van der Waals surface area contributed by atoms with Gasteiger partial charge < -0.3 is 16.4 Å². The number of hydrogen-bond donors (Lipinski definition) is 3. The van der Waals surface area contributed by atoms with E-state index >= 15 is 0 Å². The van der Waals surface area contributed by atoms with Crippen molar-refractivity contribution < 1.29 is 18.0 Å². The molecule has 2 aromatic carbocycles. The van der Waals surface area contributed by atoms with Crippen LogP contribution in [-0.2, 0) is 25.1 Å². The first-order valence-corrected chi connectivity index (χ1v) is 11.8. The van der Waals surface area contributed by atoms with E-state index in [0.717, 1.165) is 17.3 Å². The van der Waals surface area contributed by atoms with E-state index in [1.165, 1.54) is 17.1 Å². The van der Waals surface area contributed by atoms with Gasteiger partial charge in [-0.1, -0.05) is 12.1 Å². The van der Waals surface area contributed by atoms with Crippen molar-refractivity contribution in [2.75, 3.05) is 10.6 Å². The Morgan fingerprint density at radius 3 is 2.51 bits per heavy atom. The summed E-state index contributed by atoms with van der Waals surface area (Å²) in [7, 11) is 0. The molecule has 4 N–H and O–H groups in total. The van der Waals surface area contributed by atoms with Gasteiger partial charge in [-0.3, -0.25) is 9.48 Å². The number of alkyl halides is 4. The molecule has 37 heavy (non-hydrogen) atoms. The van der Waals surface area contributed by atoms with Crippen molar-refractivity contribution in [2.45, 2.75) is 32.1 Å². The fourth-order valence-corrected chi connectivity index (χ4v) is 3.72. The van der Waals surface area contributed by atoms with Crippen molar-refractivity contribution in [1.29, 1.82) is 0 Å². The van der Waals surface area contributed by atoms with Crippen molar-refractivity contribution in [3.05, 3.63) is 83.3 Å². The number of nitrogens with zero attached hydrogens (tertiary/aromatic N) is 4. The van der Waals surface area contributed by atoms with E-state index < -0.39 is 11.7 Å². The van der Waals surface area contributed by atoms with Gasteiger partial charge in [0.05, 0.1) is 11.9 Å². The Balaban J connectivity index is 1.54. The fraction of sp³-hybridized carbons (Fsp3) is 0.200. The minimum Gasteiger partial charge on any atom is -0.326 e.